The maximum absolute atomic E-state index is 9.45. The Morgan fingerprint density at radius 2 is 1.53 bits per heavy atom. The lowest BCUT2D eigenvalue weighted by atomic mass is 10.0. The van der Waals surface area contributed by atoms with Gasteiger partial charge in [-0.15, -0.1) is 0 Å². The molecule has 0 fully saturated rings. The van der Waals surface area contributed by atoms with Gasteiger partial charge in [0, 0.05) is 12.6 Å². The summed E-state index contributed by atoms with van der Waals surface area (Å²) in [4.78, 5) is 2.24. The molecular formula is C17H29NO. The van der Waals surface area contributed by atoms with Crippen molar-refractivity contribution in [3.05, 3.63) is 35.4 Å². The van der Waals surface area contributed by atoms with Crippen LogP contribution in [0.1, 0.15) is 38.8 Å². The minimum absolute atomic E-state index is 0.222. The molecule has 0 aliphatic heterocycles. The number of nitrogens with zero attached hydrogens (tertiary/aromatic N) is 1. The molecule has 0 bridgehead atoms. The van der Waals surface area contributed by atoms with Crippen molar-refractivity contribution in [3.63, 3.8) is 0 Å². The lowest BCUT2D eigenvalue weighted by molar-refractivity contribution is 0.108. The van der Waals surface area contributed by atoms with Crippen LogP contribution < -0.4 is 0 Å². The number of benzene rings is 1. The quantitative estimate of drug-likeness (QED) is 0.815. The van der Waals surface area contributed by atoms with Crippen LogP contribution in [0.2, 0.25) is 0 Å². The van der Waals surface area contributed by atoms with E-state index < -0.39 is 0 Å². The van der Waals surface area contributed by atoms with Crippen molar-refractivity contribution in [3.8, 4) is 0 Å². The Bertz CT molecular complexity index is 356. The van der Waals surface area contributed by atoms with Crippen molar-refractivity contribution in [2.75, 3.05) is 13.7 Å². The molecule has 1 aromatic carbocycles. The lowest BCUT2D eigenvalue weighted by Crippen LogP contribution is -2.38. The predicted molar refractivity (Wildman–Crippen MR) is 82.2 cm³/mol. The van der Waals surface area contributed by atoms with Crippen LogP contribution in [0, 0.1) is 11.8 Å². The van der Waals surface area contributed by atoms with Crippen molar-refractivity contribution in [1.29, 1.82) is 0 Å². The molecule has 0 aliphatic rings. The van der Waals surface area contributed by atoms with Crippen molar-refractivity contribution in [2.24, 2.45) is 11.8 Å². The molecular weight excluding hydrogens is 234 g/mol. The number of rotatable bonds is 7. The van der Waals surface area contributed by atoms with E-state index in [2.05, 4.69) is 63.9 Å². The van der Waals surface area contributed by atoms with Crippen LogP contribution >= 0.6 is 0 Å². The molecule has 0 saturated carbocycles. The van der Waals surface area contributed by atoms with E-state index in [1.807, 2.05) is 0 Å². The SMILES string of the molecule is CC(C)Cc1ccc(CN(C)C(CO)C(C)C)cc1. The third kappa shape index (κ3) is 5.33. The maximum atomic E-state index is 9.45. The summed E-state index contributed by atoms with van der Waals surface area (Å²) in [5.41, 5.74) is 2.72. The standard InChI is InChI=1S/C17H29NO/c1-13(2)10-15-6-8-16(9-7-15)11-18(5)17(12-19)14(3)4/h6-9,13-14,17,19H,10-12H2,1-5H3. The smallest absolute Gasteiger partial charge is 0.0589 e. The van der Waals surface area contributed by atoms with E-state index in [4.69, 9.17) is 0 Å². The van der Waals surface area contributed by atoms with Crippen LogP contribution in [-0.2, 0) is 13.0 Å². The average Bonchev–Trinajstić information content (AvgIpc) is 2.31. The third-order valence-electron chi connectivity index (χ3n) is 3.62. The molecule has 0 saturated heterocycles. The largest absolute Gasteiger partial charge is 0.395 e. The molecule has 0 aliphatic carbocycles. The molecule has 1 atom stereocenters. The molecule has 1 unspecified atom stereocenters. The van der Waals surface area contributed by atoms with Gasteiger partial charge >= 0.3 is 0 Å². The first-order chi connectivity index (χ1) is 8.93. The molecule has 1 rings (SSSR count). The molecule has 0 amide bonds. The number of aliphatic hydroxyl groups excluding tert-OH is 1. The Kier molecular flexibility index (Phi) is 6.53. The van der Waals surface area contributed by atoms with Gasteiger partial charge in [-0.25, -0.2) is 0 Å². The van der Waals surface area contributed by atoms with Gasteiger partial charge in [-0.1, -0.05) is 52.0 Å². The van der Waals surface area contributed by atoms with Gasteiger partial charge in [0.05, 0.1) is 6.61 Å². The van der Waals surface area contributed by atoms with Gasteiger partial charge in [0.2, 0.25) is 0 Å². The highest BCUT2D eigenvalue weighted by Gasteiger charge is 2.17. The Hall–Kier alpha value is -0.860. The molecule has 1 aromatic rings. The summed E-state index contributed by atoms with van der Waals surface area (Å²) in [5, 5.41) is 9.45. The zero-order chi connectivity index (χ0) is 14.4. The van der Waals surface area contributed by atoms with Crippen LogP contribution in [0.5, 0.6) is 0 Å². The fourth-order valence-electron chi connectivity index (χ4n) is 2.52. The van der Waals surface area contributed by atoms with E-state index in [1.54, 1.807) is 0 Å². The van der Waals surface area contributed by atoms with E-state index in [9.17, 15) is 5.11 Å². The number of hydrogen-bond acceptors (Lipinski definition) is 2. The van der Waals surface area contributed by atoms with E-state index in [-0.39, 0.29) is 12.6 Å². The summed E-state index contributed by atoms with van der Waals surface area (Å²) in [5.74, 6) is 1.17. The molecule has 2 nitrogen and oxygen atoms in total. The number of hydrogen-bond donors (Lipinski definition) is 1. The van der Waals surface area contributed by atoms with Gasteiger partial charge in [0.25, 0.3) is 0 Å². The number of likely N-dealkylation sites (N-methyl/N-ethyl adjacent to an activating group) is 1. The predicted octanol–water partition coefficient (Wildman–Crippen LogP) is 3.33. The van der Waals surface area contributed by atoms with Gasteiger partial charge in [0.1, 0.15) is 0 Å². The van der Waals surface area contributed by atoms with Crippen molar-refractivity contribution in [2.45, 2.75) is 46.7 Å². The fourth-order valence-corrected chi connectivity index (χ4v) is 2.52. The second-order valence-corrected chi connectivity index (χ2v) is 6.32. The molecule has 0 radical (unpaired) electrons. The average molecular weight is 263 g/mol. The first-order valence-corrected chi connectivity index (χ1v) is 7.33. The highest BCUT2D eigenvalue weighted by Crippen LogP contribution is 2.14. The Morgan fingerprint density at radius 3 is 1.95 bits per heavy atom. The van der Waals surface area contributed by atoms with E-state index in [1.165, 1.54) is 11.1 Å². The van der Waals surface area contributed by atoms with E-state index >= 15 is 0 Å². The van der Waals surface area contributed by atoms with Crippen LogP contribution in [-0.4, -0.2) is 29.7 Å². The summed E-state index contributed by atoms with van der Waals surface area (Å²) < 4.78 is 0. The zero-order valence-corrected chi connectivity index (χ0v) is 13.1. The van der Waals surface area contributed by atoms with Gasteiger partial charge < -0.3 is 5.11 Å². The first-order valence-electron chi connectivity index (χ1n) is 7.33. The summed E-state index contributed by atoms with van der Waals surface area (Å²) >= 11 is 0. The number of aliphatic hydroxyl groups is 1. The molecule has 1 N–H and O–H groups in total. The summed E-state index contributed by atoms with van der Waals surface area (Å²) in [7, 11) is 2.09. The van der Waals surface area contributed by atoms with Gasteiger partial charge in [0.15, 0.2) is 0 Å². The van der Waals surface area contributed by atoms with Crippen LogP contribution in [0.25, 0.3) is 0 Å². The molecule has 0 aromatic heterocycles. The monoisotopic (exact) mass is 263 g/mol. The Morgan fingerprint density at radius 1 is 1.00 bits per heavy atom. The van der Waals surface area contributed by atoms with Gasteiger partial charge in [-0.05, 0) is 36.4 Å². The topological polar surface area (TPSA) is 23.5 Å². The molecule has 2 heteroatoms. The zero-order valence-electron chi connectivity index (χ0n) is 13.1. The van der Waals surface area contributed by atoms with Crippen LogP contribution in [0.15, 0.2) is 24.3 Å². The van der Waals surface area contributed by atoms with Crippen molar-refractivity contribution >= 4 is 0 Å². The summed E-state index contributed by atoms with van der Waals surface area (Å²) in [6, 6.07) is 9.11. The lowest BCUT2D eigenvalue weighted by Gasteiger charge is -2.29. The van der Waals surface area contributed by atoms with Gasteiger partial charge in [-0.3, -0.25) is 4.90 Å². The second kappa shape index (κ2) is 7.66. The van der Waals surface area contributed by atoms with E-state index in [0.717, 1.165) is 13.0 Å². The molecule has 0 spiro atoms. The summed E-state index contributed by atoms with van der Waals surface area (Å²) in [6.07, 6.45) is 1.14. The first kappa shape index (κ1) is 16.2. The molecule has 19 heavy (non-hydrogen) atoms. The molecule has 108 valence electrons. The second-order valence-electron chi connectivity index (χ2n) is 6.32. The van der Waals surface area contributed by atoms with Gasteiger partial charge in [-0.2, -0.15) is 0 Å². The normalized spacial score (nSPS) is 13.5. The minimum atomic E-state index is 0.222. The van der Waals surface area contributed by atoms with Crippen LogP contribution in [0.4, 0.5) is 0 Å². The minimum Gasteiger partial charge on any atom is -0.395 e. The Balaban J connectivity index is 2.62. The van der Waals surface area contributed by atoms with E-state index in [0.29, 0.717) is 11.8 Å². The molecule has 0 heterocycles. The third-order valence-corrected chi connectivity index (χ3v) is 3.62. The Labute approximate surface area is 118 Å². The fraction of sp³-hybridized carbons (Fsp3) is 0.647. The highest BCUT2D eigenvalue weighted by molar-refractivity contribution is 5.22. The highest BCUT2D eigenvalue weighted by atomic mass is 16.3. The summed E-state index contributed by atoms with van der Waals surface area (Å²) in [6.45, 7) is 9.92. The maximum Gasteiger partial charge on any atom is 0.0589 e. The van der Waals surface area contributed by atoms with Crippen molar-refractivity contribution < 1.29 is 5.11 Å². The van der Waals surface area contributed by atoms with Crippen molar-refractivity contribution in [1.82, 2.24) is 4.90 Å². The van der Waals surface area contributed by atoms with Crippen LogP contribution in [0.3, 0.4) is 0 Å².